The van der Waals surface area contributed by atoms with Crippen molar-refractivity contribution in [1.29, 1.82) is 0 Å². The van der Waals surface area contributed by atoms with Crippen LogP contribution in [-0.4, -0.2) is 47.5 Å². The summed E-state index contributed by atoms with van der Waals surface area (Å²) >= 11 is 0. The number of hydrogen-bond acceptors (Lipinski definition) is 4. The minimum Gasteiger partial charge on any atom is -0.446 e. The number of hydrogen-bond donors (Lipinski definition) is 2. The number of fused-ring (bicyclic) bond motifs is 1. The fraction of sp³-hybridized carbons (Fsp3) is 0.842. The van der Waals surface area contributed by atoms with Crippen molar-refractivity contribution in [3.63, 3.8) is 0 Å². The number of ether oxygens (including phenoxy) is 1. The van der Waals surface area contributed by atoms with Crippen LogP contribution in [0.2, 0.25) is 0 Å². The highest BCUT2D eigenvalue weighted by atomic mass is 16.6. The highest BCUT2D eigenvalue weighted by molar-refractivity contribution is 5.91. The van der Waals surface area contributed by atoms with Crippen LogP contribution in [0, 0.1) is 16.7 Å². The Morgan fingerprint density at radius 3 is 2.50 bits per heavy atom. The van der Waals surface area contributed by atoms with Gasteiger partial charge in [0.25, 0.3) is 0 Å². The molecule has 3 fully saturated rings. The van der Waals surface area contributed by atoms with Crippen molar-refractivity contribution < 1.29 is 19.1 Å². The number of primary amides is 1. The first-order valence-electron chi connectivity index (χ1n) is 9.58. The number of alkyl carbamates (subject to hydrolysis) is 1. The number of likely N-dealkylation sites (tertiary alicyclic amines) is 1. The van der Waals surface area contributed by atoms with E-state index in [0.29, 0.717) is 24.3 Å². The molecular formula is C19H31N3O4. The summed E-state index contributed by atoms with van der Waals surface area (Å²) < 4.78 is 5.58. The van der Waals surface area contributed by atoms with E-state index in [-0.39, 0.29) is 12.0 Å². The Kier molecular flexibility index (Phi) is 4.69. The number of nitrogens with one attached hydrogen (secondary N) is 1. The minimum absolute atomic E-state index is 0.0698. The lowest BCUT2D eigenvalue weighted by molar-refractivity contribution is -0.141. The Hall–Kier alpha value is -1.79. The van der Waals surface area contributed by atoms with Crippen molar-refractivity contribution in [2.24, 2.45) is 22.5 Å². The monoisotopic (exact) mass is 365 g/mol. The molecule has 0 unspecified atom stereocenters. The van der Waals surface area contributed by atoms with E-state index < -0.39 is 29.5 Å². The molecule has 1 heterocycles. The van der Waals surface area contributed by atoms with E-state index in [1.165, 1.54) is 11.3 Å². The summed E-state index contributed by atoms with van der Waals surface area (Å²) in [5, 5.41) is 2.76. The SMILES string of the molecule is CC(C)(C)[C@H](NC(=O)O[C@H]1C[C@H]2C[C@@]2(C)C1)C(=O)N1CCC[C@H]1C(N)=O. The maximum absolute atomic E-state index is 13.0. The molecule has 1 aliphatic heterocycles. The molecule has 3 aliphatic rings. The minimum atomic E-state index is -0.763. The Morgan fingerprint density at radius 2 is 1.96 bits per heavy atom. The number of nitrogens with zero attached hydrogens (tertiary/aromatic N) is 1. The summed E-state index contributed by atoms with van der Waals surface area (Å²) in [7, 11) is 0. The average Bonchev–Trinajstić information content (AvgIpc) is 2.90. The van der Waals surface area contributed by atoms with Crippen molar-refractivity contribution in [2.45, 2.75) is 78.0 Å². The summed E-state index contributed by atoms with van der Waals surface area (Å²) in [6.45, 7) is 8.38. The van der Waals surface area contributed by atoms with Gasteiger partial charge >= 0.3 is 6.09 Å². The highest BCUT2D eigenvalue weighted by Crippen LogP contribution is 2.63. The van der Waals surface area contributed by atoms with E-state index in [1.807, 2.05) is 20.8 Å². The lowest BCUT2D eigenvalue weighted by Crippen LogP contribution is -2.57. The van der Waals surface area contributed by atoms with E-state index in [2.05, 4.69) is 12.2 Å². The third kappa shape index (κ3) is 3.67. The number of rotatable bonds is 4. The number of carbonyl (C=O) groups is 3. The second-order valence-corrected chi connectivity index (χ2v) is 9.56. The molecule has 0 aromatic heterocycles. The maximum atomic E-state index is 13.0. The quantitative estimate of drug-likeness (QED) is 0.793. The zero-order valence-corrected chi connectivity index (χ0v) is 16.2. The fourth-order valence-corrected chi connectivity index (χ4v) is 4.58. The second-order valence-electron chi connectivity index (χ2n) is 9.56. The molecule has 0 aromatic carbocycles. The number of nitrogens with two attached hydrogens (primary N) is 1. The third-order valence-corrected chi connectivity index (χ3v) is 6.29. The van der Waals surface area contributed by atoms with Crippen LogP contribution in [0.15, 0.2) is 0 Å². The zero-order valence-electron chi connectivity index (χ0n) is 16.2. The molecule has 26 heavy (non-hydrogen) atoms. The van der Waals surface area contributed by atoms with Gasteiger partial charge in [-0.1, -0.05) is 27.7 Å². The molecule has 0 aromatic rings. The normalized spacial score (nSPS) is 34.2. The Bertz CT molecular complexity index is 614. The van der Waals surface area contributed by atoms with Crippen LogP contribution < -0.4 is 11.1 Å². The van der Waals surface area contributed by atoms with Gasteiger partial charge in [0, 0.05) is 6.54 Å². The summed E-state index contributed by atoms with van der Waals surface area (Å²) in [4.78, 5) is 38.6. The topological polar surface area (TPSA) is 102 Å². The summed E-state index contributed by atoms with van der Waals surface area (Å²) in [6.07, 6.45) is 3.72. The van der Waals surface area contributed by atoms with Crippen LogP contribution in [0.25, 0.3) is 0 Å². The van der Waals surface area contributed by atoms with Gasteiger partial charge in [0.15, 0.2) is 0 Å². The van der Waals surface area contributed by atoms with Gasteiger partial charge in [-0.3, -0.25) is 9.59 Å². The Morgan fingerprint density at radius 1 is 1.27 bits per heavy atom. The standard InChI is InChI=1S/C19H31N3O4/c1-18(2,3)14(16(24)22-7-5-6-13(22)15(20)23)21-17(25)26-12-8-11-9-19(11,4)10-12/h11-14H,5-10H2,1-4H3,(H2,20,23)(H,21,25)/t11-,12-,13-,14+,19-/m0/s1. The third-order valence-electron chi connectivity index (χ3n) is 6.29. The van der Waals surface area contributed by atoms with Gasteiger partial charge in [0.2, 0.25) is 11.8 Å². The van der Waals surface area contributed by atoms with Crippen molar-refractivity contribution in [1.82, 2.24) is 10.2 Å². The van der Waals surface area contributed by atoms with Crippen LogP contribution in [0.4, 0.5) is 4.79 Å². The maximum Gasteiger partial charge on any atom is 0.408 e. The van der Waals surface area contributed by atoms with Gasteiger partial charge < -0.3 is 20.7 Å². The number of amides is 3. The molecule has 0 radical (unpaired) electrons. The molecule has 0 bridgehead atoms. The van der Waals surface area contributed by atoms with Crippen LogP contribution >= 0.6 is 0 Å². The zero-order chi connectivity index (χ0) is 19.3. The van der Waals surface area contributed by atoms with Crippen LogP contribution in [0.1, 0.15) is 59.8 Å². The second kappa shape index (κ2) is 6.43. The first-order valence-corrected chi connectivity index (χ1v) is 9.58. The molecule has 7 nitrogen and oxygen atoms in total. The first kappa shape index (κ1) is 19.0. The molecule has 3 amide bonds. The summed E-state index contributed by atoms with van der Waals surface area (Å²) in [6, 6.07) is -1.35. The molecular weight excluding hydrogens is 334 g/mol. The lowest BCUT2D eigenvalue weighted by atomic mass is 9.85. The van der Waals surface area contributed by atoms with Gasteiger partial charge in [-0.05, 0) is 48.9 Å². The molecule has 146 valence electrons. The largest absolute Gasteiger partial charge is 0.446 e. The Balaban J connectivity index is 1.63. The van der Waals surface area contributed by atoms with E-state index in [0.717, 1.165) is 19.3 Å². The summed E-state index contributed by atoms with van der Waals surface area (Å²) in [5.74, 6) is -0.0947. The van der Waals surface area contributed by atoms with Crippen molar-refractivity contribution >= 4 is 17.9 Å². The van der Waals surface area contributed by atoms with Gasteiger partial charge in [-0.25, -0.2) is 4.79 Å². The molecule has 3 rings (SSSR count). The van der Waals surface area contributed by atoms with E-state index in [4.69, 9.17) is 10.5 Å². The first-order chi connectivity index (χ1) is 12.0. The van der Waals surface area contributed by atoms with Crippen LogP contribution in [-0.2, 0) is 14.3 Å². The summed E-state index contributed by atoms with van der Waals surface area (Å²) in [5.41, 5.74) is 5.26. The van der Waals surface area contributed by atoms with Gasteiger partial charge in [-0.2, -0.15) is 0 Å². The number of carbonyl (C=O) groups excluding carboxylic acids is 3. The van der Waals surface area contributed by atoms with Gasteiger partial charge in [-0.15, -0.1) is 0 Å². The van der Waals surface area contributed by atoms with Crippen molar-refractivity contribution in [2.75, 3.05) is 6.54 Å². The van der Waals surface area contributed by atoms with E-state index >= 15 is 0 Å². The molecule has 1 saturated heterocycles. The van der Waals surface area contributed by atoms with Crippen LogP contribution in [0.5, 0.6) is 0 Å². The van der Waals surface area contributed by atoms with Gasteiger partial charge in [0.05, 0.1) is 0 Å². The smallest absolute Gasteiger partial charge is 0.408 e. The van der Waals surface area contributed by atoms with E-state index in [1.54, 1.807) is 0 Å². The fourth-order valence-electron chi connectivity index (χ4n) is 4.58. The molecule has 3 N–H and O–H groups in total. The van der Waals surface area contributed by atoms with Crippen molar-refractivity contribution in [3.8, 4) is 0 Å². The molecule has 7 heteroatoms. The molecule has 2 saturated carbocycles. The van der Waals surface area contributed by atoms with Crippen LogP contribution in [0.3, 0.4) is 0 Å². The predicted octanol–water partition coefficient (Wildman–Crippen LogP) is 1.79. The predicted molar refractivity (Wildman–Crippen MR) is 96.0 cm³/mol. The van der Waals surface area contributed by atoms with Crippen molar-refractivity contribution in [3.05, 3.63) is 0 Å². The lowest BCUT2D eigenvalue weighted by Gasteiger charge is -2.35. The highest BCUT2D eigenvalue weighted by Gasteiger charge is 2.57. The van der Waals surface area contributed by atoms with Gasteiger partial charge in [0.1, 0.15) is 18.2 Å². The molecule has 5 atom stereocenters. The van der Waals surface area contributed by atoms with E-state index in [9.17, 15) is 14.4 Å². The average molecular weight is 365 g/mol. The Labute approximate surface area is 155 Å². The molecule has 0 spiro atoms. The molecule has 2 aliphatic carbocycles.